The highest BCUT2D eigenvalue weighted by Gasteiger charge is 2.26. The van der Waals surface area contributed by atoms with Crippen LogP contribution in [0.5, 0.6) is 5.75 Å². The minimum absolute atomic E-state index is 0.146. The zero-order valence-corrected chi connectivity index (χ0v) is 17.7. The van der Waals surface area contributed by atoms with E-state index in [1.165, 1.54) is 6.26 Å². The van der Waals surface area contributed by atoms with Gasteiger partial charge < -0.3 is 29.2 Å². The Morgan fingerprint density at radius 2 is 1.73 bits per heavy atom. The Hall–Kier alpha value is -3.00. The molecular formula is C22H30N4O4. The number of piperazine rings is 1. The van der Waals surface area contributed by atoms with E-state index in [0.717, 1.165) is 19.6 Å². The summed E-state index contributed by atoms with van der Waals surface area (Å²) < 4.78 is 11.1. The molecule has 1 aromatic carbocycles. The van der Waals surface area contributed by atoms with Gasteiger partial charge in [-0.15, -0.1) is 0 Å². The van der Waals surface area contributed by atoms with Crippen molar-refractivity contribution in [3.8, 4) is 5.75 Å². The van der Waals surface area contributed by atoms with Gasteiger partial charge in [0.1, 0.15) is 12.4 Å². The van der Waals surface area contributed by atoms with Crippen molar-refractivity contribution in [2.45, 2.75) is 13.8 Å². The maximum atomic E-state index is 12.7. The molecule has 1 aliphatic rings. The van der Waals surface area contributed by atoms with Gasteiger partial charge in [0.05, 0.1) is 12.0 Å². The molecule has 1 N–H and O–H groups in total. The summed E-state index contributed by atoms with van der Waals surface area (Å²) in [5, 5.41) is 2.94. The lowest BCUT2D eigenvalue weighted by atomic mass is 10.2. The molecule has 0 spiro atoms. The van der Waals surface area contributed by atoms with Crippen molar-refractivity contribution in [1.29, 1.82) is 0 Å². The molecule has 2 aromatic rings. The number of ether oxygens (including phenoxy) is 1. The predicted octanol–water partition coefficient (Wildman–Crippen LogP) is 2.99. The van der Waals surface area contributed by atoms with Gasteiger partial charge in [-0.25, -0.2) is 4.79 Å². The van der Waals surface area contributed by atoms with Crippen molar-refractivity contribution in [3.05, 3.63) is 48.4 Å². The van der Waals surface area contributed by atoms with Crippen LogP contribution in [0.1, 0.15) is 24.4 Å². The van der Waals surface area contributed by atoms with Gasteiger partial charge in [0.25, 0.3) is 5.91 Å². The number of amides is 3. The third-order valence-electron chi connectivity index (χ3n) is 5.27. The van der Waals surface area contributed by atoms with Gasteiger partial charge >= 0.3 is 6.03 Å². The molecule has 8 nitrogen and oxygen atoms in total. The molecule has 1 fully saturated rings. The van der Waals surface area contributed by atoms with Crippen molar-refractivity contribution in [3.63, 3.8) is 0 Å². The molecule has 0 atom stereocenters. The molecule has 3 amide bonds. The zero-order valence-electron chi connectivity index (χ0n) is 17.7. The summed E-state index contributed by atoms with van der Waals surface area (Å²) >= 11 is 0. The van der Waals surface area contributed by atoms with Gasteiger partial charge in [0, 0.05) is 32.7 Å². The molecule has 1 saturated heterocycles. The Kier molecular flexibility index (Phi) is 7.73. The average Bonchev–Trinajstić information content (AvgIpc) is 3.32. The van der Waals surface area contributed by atoms with Crippen LogP contribution in [0.25, 0.3) is 0 Å². The van der Waals surface area contributed by atoms with Crippen molar-refractivity contribution in [1.82, 2.24) is 14.7 Å². The maximum Gasteiger partial charge on any atom is 0.322 e. The molecule has 2 heterocycles. The molecule has 0 saturated carbocycles. The number of hydrogen-bond donors (Lipinski definition) is 1. The molecule has 0 aliphatic carbocycles. The summed E-state index contributed by atoms with van der Waals surface area (Å²) in [5.74, 6) is 0.834. The van der Waals surface area contributed by atoms with E-state index in [2.05, 4.69) is 24.1 Å². The van der Waals surface area contributed by atoms with Crippen LogP contribution in [0, 0.1) is 0 Å². The standard InChI is InChI=1S/C22H30N4O4/c1-3-24(4-2)15-17-30-19-9-6-5-8-18(19)23-22(28)26-13-11-25(12-14-26)21(27)20-10-7-16-29-20/h5-10,16H,3-4,11-15,17H2,1-2H3,(H,23,28). The minimum atomic E-state index is -0.195. The molecule has 1 aliphatic heterocycles. The van der Waals surface area contributed by atoms with Gasteiger partial charge in [-0.1, -0.05) is 26.0 Å². The lowest BCUT2D eigenvalue weighted by Gasteiger charge is -2.34. The second kappa shape index (κ2) is 10.7. The second-order valence-corrected chi connectivity index (χ2v) is 7.06. The predicted molar refractivity (Wildman–Crippen MR) is 115 cm³/mol. The van der Waals surface area contributed by atoms with Crippen LogP contribution in [-0.2, 0) is 0 Å². The van der Waals surface area contributed by atoms with Gasteiger partial charge in [-0.2, -0.15) is 0 Å². The quantitative estimate of drug-likeness (QED) is 0.719. The lowest BCUT2D eigenvalue weighted by Crippen LogP contribution is -2.51. The fourth-order valence-corrected chi connectivity index (χ4v) is 3.38. The van der Waals surface area contributed by atoms with Crippen LogP contribution in [0.2, 0.25) is 0 Å². The second-order valence-electron chi connectivity index (χ2n) is 7.06. The largest absolute Gasteiger partial charge is 0.490 e. The number of hydrogen-bond acceptors (Lipinski definition) is 5. The Morgan fingerprint density at radius 3 is 2.40 bits per heavy atom. The molecule has 1 aromatic heterocycles. The minimum Gasteiger partial charge on any atom is -0.490 e. The molecule has 0 unspecified atom stereocenters. The summed E-state index contributed by atoms with van der Waals surface area (Å²) in [6.45, 7) is 9.46. The number of nitrogens with one attached hydrogen (secondary N) is 1. The first-order valence-electron chi connectivity index (χ1n) is 10.4. The van der Waals surface area contributed by atoms with E-state index in [9.17, 15) is 9.59 Å². The highest BCUT2D eigenvalue weighted by molar-refractivity contribution is 5.93. The van der Waals surface area contributed by atoms with Crippen molar-refractivity contribution >= 4 is 17.6 Å². The Labute approximate surface area is 177 Å². The summed E-state index contributed by atoms with van der Waals surface area (Å²) in [4.78, 5) is 30.8. The number of furan rings is 1. The summed E-state index contributed by atoms with van der Waals surface area (Å²) in [5.41, 5.74) is 0.649. The Bertz CT molecular complexity index is 812. The lowest BCUT2D eigenvalue weighted by molar-refractivity contribution is 0.0640. The smallest absolute Gasteiger partial charge is 0.322 e. The average molecular weight is 415 g/mol. The van der Waals surface area contributed by atoms with Crippen molar-refractivity contribution in [2.24, 2.45) is 0 Å². The molecular weight excluding hydrogens is 384 g/mol. The number of rotatable bonds is 8. The highest BCUT2D eigenvalue weighted by atomic mass is 16.5. The summed E-state index contributed by atoms with van der Waals surface area (Å²) in [6, 6.07) is 10.6. The number of anilines is 1. The van der Waals surface area contributed by atoms with Crippen LogP contribution in [0.15, 0.2) is 47.1 Å². The monoisotopic (exact) mass is 414 g/mol. The first kappa shape index (κ1) is 21.7. The van der Waals surface area contributed by atoms with E-state index < -0.39 is 0 Å². The molecule has 3 rings (SSSR count). The van der Waals surface area contributed by atoms with Crippen LogP contribution in [0.4, 0.5) is 10.5 Å². The number of urea groups is 1. The first-order valence-corrected chi connectivity index (χ1v) is 10.4. The number of likely N-dealkylation sites (N-methyl/N-ethyl adjacent to an activating group) is 1. The Morgan fingerprint density at radius 1 is 1.03 bits per heavy atom. The van der Waals surface area contributed by atoms with Gasteiger partial charge in [-0.3, -0.25) is 4.79 Å². The first-order chi connectivity index (χ1) is 14.6. The van der Waals surface area contributed by atoms with Gasteiger partial charge in [0.15, 0.2) is 5.76 Å². The van der Waals surface area contributed by atoms with Crippen LogP contribution in [0.3, 0.4) is 0 Å². The van der Waals surface area contributed by atoms with Crippen molar-refractivity contribution < 1.29 is 18.7 Å². The number of nitrogens with zero attached hydrogens (tertiary/aromatic N) is 3. The third kappa shape index (κ3) is 5.54. The molecule has 0 bridgehead atoms. The Balaban J connectivity index is 1.51. The number of para-hydroxylation sites is 2. The van der Waals surface area contributed by atoms with E-state index in [0.29, 0.717) is 50.0 Å². The maximum absolute atomic E-state index is 12.7. The van der Waals surface area contributed by atoms with E-state index in [1.807, 2.05) is 24.3 Å². The summed E-state index contributed by atoms with van der Waals surface area (Å²) in [7, 11) is 0. The third-order valence-corrected chi connectivity index (χ3v) is 5.27. The summed E-state index contributed by atoms with van der Waals surface area (Å²) in [6.07, 6.45) is 1.48. The normalized spacial score (nSPS) is 14.1. The zero-order chi connectivity index (χ0) is 21.3. The van der Waals surface area contributed by atoms with Crippen LogP contribution in [-0.4, -0.2) is 79.1 Å². The SMILES string of the molecule is CCN(CC)CCOc1ccccc1NC(=O)N1CCN(C(=O)c2ccco2)CC1. The topological polar surface area (TPSA) is 78.3 Å². The highest BCUT2D eigenvalue weighted by Crippen LogP contribution is 2.24. The van der Waals surface area contributed by atoms with Gasteiger partial charge in [0.2, 0.25) is 0 Å². The van der Waals surface area contributed by atoms with E-state index in [-0.39, 0.29) is 11.9 Å². The van der Waals surface area contributed by atoms with Crippen LogP contribution >= 0.6 is 0 Å². The van der Waals surface area contributed by atoms with E-state index in [4.69, 9.17) is 9.15 Å². The van der Waals surface area contributed by atoms with Crippen LogP contribution < -0.4 is 10.1 Å². The molecule has 8 heteroatoms. The van der Waals surface area contributed by atoms with Crippen molar-refractivity contribution in [2.75, 3.05) is 57.7 Å². The molecule has 162 valence electrons. The number of carbonyl (C=O) groups is 2. The molecule has 0 radical (unpaired) electrons. The van der Waals surface area contributed by atoms with E-state index in [1.54, 1.807) is 21.9 Å². The number of carbonyl (C=O) groups excluding carboxylic acids is 2. The van der Waals surface area contributed by atoms with E-state index >= 15 is 0 Å². The fraction of sp³-hybridized carbons (Fsp3) is 0.455. The molecule has 30 heavy (non-hydrogen) atoms. The van der Waals surface area contributed by atoms with Gasteiger partial charge in [-0.05, 0) is 37.4 Å². The number of benzene rings is 1. The fourth-order valence-electron chi connectivity index (χ4n) is 3.38.